The molecule has 0 atom stereocenters. The van der Waals surface area contributed by atoms with Gasteiger partial charge in [-0.15, -0.1) is 11.3 Å². The molecule has 2 aromatic heterocycles. The number of hydrogen-bond acceptors (Lipinski definition) is 5. The summed E-state index contributed by atoms with van der Waals surface area (Å²) < 4.78 is 2.96. The highest BCUT2D eigenvalue weighted by molar-refractivity contribution is 7.16. The maximum atomic E-state index is 6.16. The molecular formula is C14H17N5S. The van der Waals surface area contributed by atoms with Gasteiger partial charge in [-0.05, 0) is 18.6 Å². The lowest BCUT2D eigenvalue weighted by atomic mass is 10.2. The number of rotatable bonds is 4. The molecule has 104 valence electrons. The number of aromatic nitrogens is 3. The van der Waals surface area contributed by atoms with E-state index in [4.69, 9.17) is 5.73 Å². The van der Waals surface area contributed by atoms with E-state index in [2.05, 4.69) is 28.4 Å². The summed E-state index contributed by atoms with van der Waals surface area (Å²) >= 11 is 1.60. The zero-order chi connectivity index (χ0) is 14.1. The van der Waals surface area contributed by atoms with Gasteiger partial charge in [-0.25, -0.2) is 4.98 Å². The topological polar surface area (TPSA) is 68.8 Å². The fourth-order valence-corrected chi connectivity index (χ4v) is 3.02. The molecule has 0 aliphatic heterocycles. The van der Waals surface area contributed by atoms with Gasteiger partial charge in [0.05, 0.1) is 27.3 Å². The molecule has 0 bridgehead atoms. The second kappa shape index (κ2) is 5.13. The molecule has 3 N–H and O–H groups in total. The summed E-state index contributed by atoms with van der Waals surface area (Å²) in [5.41, 5.74) is 12.8. The van der Waals surface area contributed by atoms with Gasteiger partial charge in [-0.1, -0.05) is 6.92 Å². The SMILES string of the molecule is CCc1nn(C)cc1CNc1ccc2scnc2c1N. The highest BCUT2D eigenvalue weighted by Gasteiger charge is 2.09. The Balaban J connectivity index is 1.84. The Morgan fingerprint density at radius 1 is 1.40 bits per heavy atom. The van der Waals surface area contributed by atoms with Gasteiger partial charge >= 0.3 is 0 Å². The first kappa shape index (κ1) is 12.9. The first-order valence-electron chi connectivity index (χ1n) is 6.56. The average molecular weight is 287 g/mol. The van der Waals surface area contributed by atoms with Crippen LogP contribution < -0.4 is 11.1 Å². The molecule has 0 saturated carbocycles. The summed E-state index contributed by atoms with van der Waals surface area (Å²) in [7, 11) is 1.94. The van der Waals surface area contributed by atoms with Crippen molar-refractivity contribution in [3.05, 3.63) is 35.1 Å². The minimum absolute atomic E-state index is 0.714. The number of anilines is 2. The van der Waals surface area contributed by atoms with Gasteiger partial charge in [-0.3, -0.25) is 4.68 Å². The quantitative estimate of drug-likeness (QED) is 0.724. The van der Waals surface area contributed by atoms with Crippen LogP contribution in [0.4, 0.5) is 11.4 Å². The van der Waals surface area contributed by atoms with Crippen molar-refractivity contribution in [3.63, 3.8) is 0 Å². The Morgan fingerprint density at radius 3 is 3.05 bits per heavy atom. The lowest BCUT2D eigenvalue weighted by Crippen LogP contribution is -2.04. The second-order valence-corrected chi connectivity index (χ2v) is 5.59. The van der Waals surface area contributed by atoms with Crippen molar-refractivity contribution in [1.29, 1.82) is 0 Å². The van der Waals surface area contributed by atoms with Crippen LogP contribution >= 0.6 is 11.3 Å². The predicted molar refractivity (Wildman–Crippen MR) is 83.9 cm³/mol. The van der Waals surface area contributed by atoms with Crippen LogP contribution in [0.1, 0.15) is 18.2 Å². The fraction of sp³-hybridized carbons (Fsp3) is 0.286. The summed E-state index contributed by atoms with van der Waals surface area (Å²) in [6, 6.07) is 4.06. The third-order valence-corrected chi connectivity index (χ3v) is 4.13. The van der Waals surface area contributed by atoms with Crippen molar-refractivity contribution in [1.82, 2.24) is 14.8 Å². The van der Waals surface area contributed by atoms with E-state index in [1.165, 1.54) is 5.56 Å². The summed E-state index contributed by atoms with van der Waals surface area (Å²) in [5, 5.41) is 7.83. The molecule has 0 aliphatic rings. The molecule has 5 nitrogen and oxygen atoms in total. The van der Waals surface area contributed by atoms with Gasteiger partial charge < -0.3 is 11.1 Å². The van der Waals surface area contributed by atoms with E-state index >= 15 is 0 Å². The van der Waals surface area contributed by atoms with Crippen LogP contribution in [0.5, 0.6) is 0 Å². The van der Waals surface area contributed by atoms with Crippen LogP contribution in [0.2, 0.25) is 0 Å². The predicted octanol–water partition coefficient (Wildman–Crippen LogP) is 2.79. The summed E-state index contributed by atoms with van der Waals surface area (Å²) in [6.45, 7) is 2.83. The molecule has 0 saturated heterocycles. The van der Waals surface area contributed by atoms with Crippen LogP contribution in [0.25, 0.3) is 10.2 Å². The Labute approximate surface area is 121 Å². The average Bonchev–Trinajstić information content (AvgIpc) is 3.04. The number of nitrogens with two attached hydrogens (primary N) is 1. The Kier molecular flexibility index (Phi) is 3.31. The van der Waals surface area contributed by atoms with Crippen LogP contribution in [0.3, 0.4) is 0 Å². The molecule has 6 heteroatoms. The largest absolute Gasteiger partial charge is 0.395 e. The van der Waals surface area contributed by atoms with Crippen molar-refractivity contribution in [2.24, 2.45) is 7.05 Å². The minimum Gasteiger partial charge on any atom is -0.395 e. The highest BCUT2D eigenvalue weighted by atomic mass is 32.1. The van der Waals surface area contributed by atoms with Crippen LogP contribution in [0.15, 0.2) is 23.8 Å². The van der Waals surface area contributed by atoms with E-state index in [-0.39, 0.29) is 0 Å². The number of aryl methyl sites for hydroxylation is 2. The maximum Gasteiger partial charge on any atom is 0.106 e. The van der Waals surface area contributed by atoms with E-state index in [0.717, 1.165) is 34.6 Å². The molecule has 0 fully saturated rings. The van der Waals surface area contributed by atoms with E-state index in [1.807, 2.05) is 29.5 Å². The molecule has 0 amide bonds. The first-order chi connectivity index (χ1) is 9.69. The van der Waals surface area contributed by atoms with Gasteiger partial charge in [0, 0.05) is 25.4 Å². The van der Waals surface area contributed by atoms with Crippen molar-refractivity contribution < 1.29 is 0 Å². The van der Waals surface area contributed by atoms with Gasteiger partial charge in [-0.2, -0.15) is 5.10 Å². The molecule has 0 aliphatic carbocycles. The zero-order valence-electron chi connectivity index (χ0n) is 11.6. The van der Waals surface area contributed by atoms with Crippen molar-refractivity contribution in [2.75, 3.05) is 11.1 Å². The van der Waals surface area contributed by atoms with Crippen molar-refractivity contribution in [3.8, 4) is 0 Å². The second-order valence-electron chi connectivity index (χ2n) is 4.71. The highest BCUT2D eigenvalue weighted by Crippen LogP contribution is 2.30. The molecule has 0 spiro atoms. The number of nitrogen functional groups attached to an aromatic ring is 1. The third-order valence-electron chi connectivity index (χ3n) is 3.34. The minimum atomic E-state index is 0.714. The molecular weight excluding hydrogens is 270 g/mol. The first-order valence-corrected chi connectivity index (χ1v) is 7.44. The molecule has 0 radical (unpaired) electrons. The van der Waals surface area contributed by atoms with Gasteiger partial charge in [0.25, 0.3) is 0 Å². The van der Waals surface area contributed by atoms with Gasteiger partial charge in [0.1, 0.15) is 5.52 Å². The Hall–Kier alpha value is -2.08. The molecule has 1 aromatic carbocycles. The van der Waals surface area contributed by atoms with E-state index < -0.39 is 0 Å². The smallest absolute Gasteiger partial charge is 0.106 e. The Bertz CT molecular complexity index is 743. The molecule has 0 unspecified atom stereocenters. The summed E-state index contributed by atoms with van der Waals surface area (Å²) in [5.74, 6) is 0. The van der Waals surface area contributed by atoms with Gasteiger partial charge in [0.2, 0.25) is 0 Å². The molecule has 2 heterocycles. The monoisotopic (exact) mass is 287 g/mol. The lowest BCUT2D eigenvalue weighted by Gasteiger charge is -2.09. The number of hydrogen-bond donors (Lipinski definition) is 2. The lowest BCUT2D eigenvalue weighted by molar-refractivity contribution is 0.746. The van der Waals surface area contributed by atoms with Crippen LogP contribution in [-0.4, -0.2) is 14.8 Å². The Morgan fingerprint density at radius 2 is 2.25 bits per heavy atom. The summed E-state index contributed by atoms with van der Waals surface area (Å²) in [6.07, 6.45) is 2.97. The summed E-state index contributed by atoms with van der Waals surface area (Å²) in [4.78, 5) is 4.31. The normalized spacial score (nSPS) is 11.1. The van der Waals surface area contributed by atoms with Crippen molar-refractivity contribution >= 4 is 32.9 Å². The number of benzene rings is 1. The number of fused-ring (bicyclic) bond motifs is 1. The number of nitrogens with one attached hydrogen (secondary N) is 1. The molecule has 3 aromatic rings. The molecule has 20 heavy (non-hydrogen) atoms. The van der Waals surface area contributed by atoms with Crippen LogP contribution in [-0.2, 0) is 20.0 Å². The van der Waals surface area contributed by atoms with E-state index in [0.29, 0.717) is 5.69 Å². The standard InChI is InChI=1S/C14H17N5S/c1-3-10-9(7-19(2)18-10)6-16-11-4-5-12-14(13(11)15)17-8-20-12/h4-5,7-8,16H,3,6,15H2,1-2H3. The van der Waals surface area contributed by atoms with Crippen LogP contribution in [0, 0.1) is 0 Å². The number of thiazole rings is 1. The third kappa shape index (κ3) is 2.22. The van der Waals surface area contributed by atoms with E-state index in [1.54, 1.807) is 11.3 Å². The van der Waals surface area contributed by atoms with E-state index in [9.17, 15) is 0 Å². The van der Waals surface area contributed by atoms with Gasteiger partial charge in [0.15, 0.2) is 0 Å². The fourth-order valence-electron chi connectivity index (χ4n) is 2.33. The molecule has 3 rings (SSSR count). The van der Waals surface area contributed by atoms with Crippen molar-refractivity contribution in [2.45, 2.75) is 19.9 Å². The zero-order valence-corrected chi connectivity index (χ0v) is 12.4. The number of nitrogens with zero attached hydrogens (tertiary/aromatic N) is 3. The maximum absolute atomic E-state index is 6.16.